The van der Waals surface area contributed by atoms with Gasteiger partial charge in [-0.2, -0.15) is 0 Å². The van der Waals surface area contributed by atoms with Crippen LogP contribution in [0, 0.1) is 0 Å². The molecule has 3 heterocycles. The van der Waals surface area contributed by atoms with Crippen LogP contribution in [0.15, 0.2) is 18.6 Å². The van der Waals surface area contributed by atoms with E-state index >= 15 is 0 Å². The molecule has 8 heteroatoms. The summed E-state index contributed by atoms with van der Waals surface area (Å²) in [5.41, 5.74) is 6.12. The van der Waals surface area contributed by atoms with Crippen LogP contribution in [-0.4, -0.2) is 49.7 Å². The average Bonchev–Trinajstić information content (AvgIpc) is 2.94. The average molecular weight is 268 g/mol. The van der Waals surface area contributed by atoms with Gasteiger partial charge in [0.2, 0.25) is 0 Å². The van der Waals surface area contributed by atoms with E-state index in [0.717, 1.165) is 0 Å². The number of nitrogen functional groups attached to an aromatic ring is 1. The summed E-state index contributed by atoms with van der Waals surface area (Å²) in [5, 5.41) is 19.2. The molecule has 1 saturated heterocycles. The number of hydrogen-bond acceptors (Lipinski definition) is 6. The minimum Gasteiger partial charge on any atom is -0.394 e. The number of aliphatic hydroxyl groups is 2. The Labute approximate surface area is 107 Å². The second-order valence-corrected chi connectivity index (χ2v) is 4.40. The molecule has 0 unspecified atom stereocenters. The topological polar surface area (TPSA) is 106 Å². The molecule has 19 heavy (non-hydrogen) atoms. The van der Waals surface area contributed by atoms with E-state index in [9.17, 15) is 9.50 Å². The van der Waals surface area contributed by atoms with Gasteiger partial charge in [0.05, 0.1) is 12.0 Å². The number of aliphatic hydroxyl groups excluding tert-OH is 2. The van der Waals surface area contributed by atoms with Crippen LogP contribution in [0.2, 0.25) is 0 Å². The van der Waals surface area contributed by atoms with Crippen LogP contribution in [0.1, 0.15) is 6.23 Å². The van der Waals surface area contributed by atoms with Crippen LogP contribution >= 0.6 is 0 Å². The van der Waals surface area contributed by atoms with Gasteiger partial charge in [0.1, 0.15) is 30.0 Å². The molecule has 0 aliphatic carbocycles. The lowest BCUT2D eigenvalue weighted by molar-refractivity contribution is -0.0457. The van der Waals surface area contributed by atoms with Crippen molar-refractivity contribution in [3.05, 3.63) is 18.6 Å². The molecule has 0 radical (unpaired) electrons. The number of fused-ring (bicyclic) bond motifs is 1. The Morgan fingerprint density at radius 3 is 2.95 bits per heavy atom. The van der Waals surface area contributed by atoms with Crippen LogP contribution in [0.4, 0.5) is 10.2 Å². The summed E-state index contributed by atoms with van der Waals surface area (Å²) < 4.78 is 20.8. The third kappa shape index (κ3) is 1.76. The van der Waals surface area contributed by atoms with E-state index in [1.807, 2.05) is 0 Å². The standard InChI is InChI=1S/C11H13FN4O3/c12-7-8(18)6(3-17)19-11(7)16-2-1-5-9(13)14-4-15-10(5)16/h1-2,4,6-8,11,17-18H,3H2,(H2,13,14,15)/t6-,7+,8-,11+/m1/s1. The van der Waals surface area contributed by atoms with Crippen molar-refractivity contribution >= 4 is 16.9 Å². The van der Waals surface area contributed by atoms with Crippen LogP contribution < -0.4 is 5.73 Å². The molecule has 4 N–H and O–H groups in total. The Hall–Kier alpha value is -1.77. The second kappa shape index (κ2) is 4.41. The molecule has 1 aliphatic heterocycles. The number of halogens is 1. The summed E-state index contributed by atoms with van der Waals surface area (Å²) in [4.78, 5) is 7.88. The van der Waals surface area contributed by atoms with Crippen molar-refractivity contribution in [3.63, 3.8) is 0 Å². The molecule has 0 bridgehead atoms. The quantitative estimate of drug-likeness (QED) is 0.684. The Morgan fingerprint density at radius 1 is 1.47 bits per heavy atom. The van der Waals surface area contributed by atoms with Gasteiger partial charge in [-0.05, 0) is 6.07 Å². The Kier molecular flexibility index (Phi) is 2.85. The monoisotopic (exact) mass is 268 g/mol. The number of alkyl halides is 1. The van der Waals surface area contributed by atoms with Crippen molar-refractivity contribution in [2.24, 2.45) is 0 Å². The van der Waals surface area contributed by atoms with Crippen LogP contribution in [-0.2, 0) is 4.74 Å². The Balaban J connectivity index is 2.04. The van der Waals surface area contributed by atoms with Gasteiger partial charge in [-0.3, -0.25) is 0 Å². The van der Waals surface area contributed by atoms with Crippen molar-refractivity contribution in [1.82, 2.24) is 14.5 Å². The fraction of sp³-hybridized carbons (Fsp3) is 0.455. The van der Waals surface area contributed by atoms with E-state index in [0.29, 0.717) is 11.0 Å². The fourth-order valence-electron chi connectivity index (χ4n) is 2.27. The second-order valence-electron chi connectivity index (χ2n) is 4.40. The number of nitrogens with zero attached hydrogens (tertiary/aromatic N) is 3. The van der Waals surface area contributed by atoms with Gasteiger partial charge < -0.3 is 25.3 Å². The number of ether oxygens (including phenoxy) is 1. The molecule has 2 aromatic heterocycles. The van der Waals surface area contributed by atoms with Gasteiger partial charge in [-0.25, -0.2) is 14.4 Å². The maximum Gasteiger partial charge on any atom is 0.173 e. The van der Waals surface area contributed by atoms with E-state index in [1.54, 1.807) is 12.3 Å². The highest BCUT2D eigenvalue weighted by atomic mass is 19.1. The molecule has 0 spiro atoms. The van der Waals surface area contributed by atoms with Gasteiger partial charge in [0, 0.05) is 6.20 Å². The highest BCUT2D eigenvalue weighted by molar-refractivity contribution is 5.86. The number of nitrogens with two attached hydrogens (primary N) is 1. The first-order valence-corrected chi connectivity index (χ1v) is 5.79. The molecule has 0 amide bonds. The number of rotatable bonds is 2. The predicted molar refractivity (Wildman–Crippen MR) is 63.8 cm³/mol. The predicted octanol–water partition coefficient (Wildman–Crippen LogP) is -0.398. The highest BCUT2D eigenvalue weighted by Crippen LogP contribution is 2.34. The van der Waals surface area contributed by atoms with Gasteiger partial charge in [0.15, 0.2) is 12.4 Å². The van der Waals surface area contributed by atoms with Crippen molar-refractivity contribution in [2.45, 2.75) is 24.6 Å². The third-order valence-electron chi connectivity index (χ3n) is 3.29. The van der Waals surface area contributed by atoms with Crippen molar-refractivity contribution < 1.29 is 19.3 Å². The lowest BCUT2D eigenvalue weighted by Crippen LogP contribution is -2.30. The maximum absolute atomic E-state index is 14.0. The minimum absolute atomic E-state index is 0.288. The first-order valence-electron chi connectivity index (χ1n) is 5.79. The van der Waals surface area contributed by atoms with Crippen molar-refractivity contribution in [1.29, 1.82) is 0 Å². The zero-order valence-corrected chi connectivity index (χ0v) is 9.85. The summed E-state index contributed by atoms with van der Waals surface area (Å²) in [6, 6.07) is 1.65. The summed E-state index contributed by atoms with van der Waals surface area (Å²) in [6.07, 6.45) is -2.17. The molecule has 7 nitrogen and oxygen atoms in total. The maximum atomic E-state index is 14.0. The van der Waals surface area contributed by atoms with Gasteiger partial charge in [0.25, 0.3) is 0 Å². The molecule has 4 atom stereocenters. The van der Waals surface area contributed by atoms with Crippen molar-refractivity contribution in [3.8, 4) is 0 Å². The normalized spacial score (nSPS) is 31.1. The Bertz CT molecular complexity index is 605. The molecule has 0 saturated carbocycles. The number of aromatic nitrogens is 3. The summed E-state index contributed by atoms with van der Waals surface area (Å²) in [5.74, 6) is 0.288. The molecular formula is C11H13FN4O3. The first kappa shape index (κ1) is 12.3. The molecular weight excluding hydrogens is 255 g/mol. The van der Waals surface area contributed by atoms with Gasteiger partial charge in [-0.1, -0.05) is 0 Å². The molecule has 1 fully saturated rings. The van der Waals surface area contributed by atoms with E-state index in [1.165, 1.54) is 10.9 Å². The summed E-state index contributed by atoms with van der Waals surface area (Å²) >= 11 is 0. The molecule has 1 aliphatic rings. The number of anilines is 1. The summed E-state index contributed by atoms with van der Waals surface area (Å²) in [7, 11) is 0. The van der Waals surface area contributed by atoms with Gasteiger partial charge >= 0.3 is 0 Å². The SMILES string of the molecule is Nc1ncnc2c1ccn2[C@H]1O[C@H](CO)[C@@H](O)[C@@H]1F. The third-order valence-corrected chi connectivity index (χ3v) is 3.29. The van der Waals surface area contributed by atoms with E-state index in [4.69, 9.17) is 15.6 Å². The largest absolute Gasteiger partial charge is 0.394 e. The zero-order chi connectivity index (χ0) is 13.6. The minimum atomic E-state index is -1.65. The van der Waals surface area contributed by atoms with Crippen LogP contribution in [0.5, 0.6) is 0 Å². The van der Waals surface area contributed by atoms with E-state index in [-0.39, 0.29) is 5.82 Å². The molecule has 3 rings (SSSR count). The van der Waals surface area contributed by atoms with Crippen LogP contribution in [0.25, 0.3) is 11.0 Å². The smallest absolute Gasteiger partial charge is 0.173 e. The molecule has 2 aromatic rings. The first-order chi connectivity index (χ1) is 9.13. The van der Waals surface area contributed by atoms with E-state index < -0.39 is 31.2 Å². The zero-order valence-electron chi connectivity index (χ0n) is 9.85. The summed E-state index contributed by atoms with van der Waals surface area (Å²) in [6.45, 7) is -0.450. The lowest BCUT2D eigenvalue weighted by atomic mass is 10.1. The fourth-order valence-corrected chi connectivity index (χ4v) is 2.27. The molecule has 0 aromatic carbocycles. The Morgan fingerprint density at radius 2 is 2.26 bits per heavy atom. The highest BCUT2D eigenvalue weighted by Gasteiger charge is 2.45. The lowest BCUT2D eigenvalue weighted by Gasteiger charge is -2.15. The van der Waals surface area contributed by atoms with Crippen LogP contribution in [0.3, 0.4) is 0 Å². The van der Waals surface area contributed by atoms with Gasteiger partial charge in [-0.15, -0.1) is 0 Å². The van der Waals surface area contributed by atoms with Crippen molar-refractivity contribution in [2.75, 3.05) is 12.3 Å². The molecule has 102 valence electrons. The number of hydrogen-bond donors (Lipinski definition) is 3. The van der Waals surface area contributed by atoms with E-state index in [2.05, 4.69) is 9.97 Å².